The number of halogens is 4. The van der Waals surface area contributed by atoms with Gasteiger partial charge in [-0.3, -0.25) is 9.48 Å². The number of alkyl halides is 3. The third-order valence-electron chi connectivity index (χ3n) is 4.02. The first kappa shape index (κ1) is 24.1. The van der Waals surface area contributed by atoms with Gasteiger partial charge in [0.1, 0.15) is 18.0 Å². The zero-order valence-corrected chi connectivity index (χ0v) is 17.5. The average molecular weight is 459 g/mol. The summed E-state index contributed by atoms with van der Waals surface area (Å²) in [6.45, 7) is 5.94. The summed E-state index contributed by atoms with van der Waals surface area (Å²) in [6.07, 6.45) is -3.42. The molecule has 0 bridgehead atoms. The minimum absolute atomic E-state index is 0.0396. The molecular formula is C20H18ClF3N2O5. The van der Waals surface area contributed by atoms with Crippen LogP contribution in [0.4, 0.5) is 13.2 Å². The van der Waals surface area contributed by atoms with E-state index in [1.807, 2.05) is 0 Å². The standard InChI is InChI=1S/C20H18ClF3N2O5/c1-5-8-30-18(29)19(2,3)31-17(28)12-9-11(6-7-13(12)21)16-14(27)10-15(20(22,23)24)26(4)25-16/h5-7,9-10H,1,8H2,2-4H3. The Labute approximate surface area is 180 Å². The van der Waals surface area contributed by atoms with Crippen molar-refractivity contribution in [3.63, 3.8) is 0 Å². The van der Waals surface area contributed by atoms with E-state index >= 15 is 0 Å². The number of carbonyl (C=O) groups excluding carboxylic acids is 2. The van der Waals surface area contributed by atoms with Gasteiger partial charge in [-0.2, -0.15) is 18.3 Å². The van der Waals surface area contributed by atoms with Crippen LogP contribution >= 0.6 is 11.6 Å². The molecule has 0 atom stereocenters. The summed E-state index contributed by atoms with van der Waals surface area (Å²) in [5.74, 6) is -1.83. The normalized spacial score (nSPS) is 11.7. The molecule has 1 heterocycles. The summed E-state index contributed by atoms with van der Waals surface area (Å²) in [5, 5.41) is 3.62. The molecule has 2 aromatic rings. The summed E-state index contributed by atoms with van der Waals surface area (Å²) >= 11 is 6.04. The lowest BCUT2D eigenvalue weighted by Crippen LogP contribution is -2.39. The number of benzene rings is 1. The predicted molar refractivity (Wildman–Crippen MR) is 106 cm³/mol. The zero-order chi connectivity index (χ0) is 23.6. The van der Waals surface area contributed by atoms with Crippen molar-refractivity contribution in [3.8, 4) is 11.3 Å². The molecule has 0 spiro atoms. The molecule has 0 unspecified atom stereocenters. The van der Waals surface area contributed by atoms with E-state index in [1.54, 1.807) is 0 Å². The SMILES string of the molecule is C=CCOC(=O)C(C)(C)OC(=O)c1cc(-c2nn(C)c(C(F)(F)F)cc2=O)ccc1Cl. The molecule has 1 aromatic heterocycles. The zero-order valence-electron chi connectivity index (χ0n) is 16.7. The molecule has 2 rings (SSSR count). The monoisotopic (exact) mass is 458 g/mol. The van der Waals surface area contributed by atoms with Gasteiger partial charge in [0.2, 0.25) is 11.0 Å². The lowest BCUT2D eigenvalue weighted by Gasteiger charge is -2.23. The fraction of sp³-hybridized carbons (Fsp3) is 0.300. The van der Waals surface area contributed by atoms with Crippen LogP contribution in [0.2, 0.25) is 5.02 Å². The van der Waals surface area contributed by atoms with Crippen molar-refractivity contribution in [1.82, 2.24) is 9.78 Å². The highest BCUT2D eigenvalue weighted by Crippen LogP contribution is 2.29. The largest absolute Gasteiger partial charge is 0.459 e. The van der Waals surface area contributed by atoms with Crippen LogP contribution in [0.15, 0.2) is 41.7 Å². The van der Waals surface area contributed by atoms with Gasteiger partial charge >= 0.3 is 18.1 Å². The van der Waals surface area contributed by atoms with E-state index in [-0.39, 0.29) is 28.5 Å². The Kier molecular flexibility index (Phi) is 6.95. The van der Waals surface area contributed by atoms with Crippen LogP contribution in [-0.2, 0) is 27.5 Å². The van der Waals surface area contributed by atoms with Crippen LogP contribution in [0.25, 0.3) is 11.3 Å². The van der Waals surface area contributed by atoms with Gasteiger partial charge in [0.15, 0.2) is 0 Å². The van der Waals surface area contributed by atoms with Gasteiger partial charge in [-0.1, -0.05) is 30.3 Å². The van der Waals surface area contributed by atoms with Crippen molar-refractivity contribution in [2.45, 2.75) is 25.6 Å². The number of esters is 2. The van der Waals surface area contributed by atoms with E-state index < -0.39 is 34.8 Å². The number of ether oxygens (including phenoxy) is 2. The second-order valence-corrected chi connectivity index (χ2v) is 7.25. The minimum atomic E-state index is -4.76. The number of nitrogens with zero attached hydrogens (tertiary/aromatic N) is 2. The molecule has 0 amide bonds. The number of aromatic nitrogens is 2. The van der Waals surface area contributed by atoms with Gasteiger partial charge in [-0.05, 0) is 26.0 Å². The predicted octanol–water partition coefficient (Wildman–Crippen LogP) is 3.78. The molecule has 0 saturated heterocycles. The fourth-order valence-corrected chi connectivity index (χ4v) is 2.66. The highest BCUT2D eigenvalue weighted by atomic mass is 35.5. The summed E-state index contributed by atoms with van der Waals surface area (Å²) in [5.41, 5.74) is -4.39. The number of hydrogen-bond acceptors (Lipinski definition) is 6. The molecule has 166 valence electrons. The van der Waals surface area contributed by atoms with Gasteiger partial charge in [0.25, 0.3) is 0 Å². The first-order valence-corrected chi connectivity index (χ1v) is 9.12. The Morgan fingerprint density at radius 2 is 1.90 bits per heavy atom. The molecule has 1 aromatic carbocycles. The maximum Gasteiger partial charge on any atom is 0.433 e. The van der Waals surface area contributed by atoms with Gasteiger partial charge in [-0.15, -0.1) is 0 Å². The Balaban J connectivity index is 2.42. The van der Waals surface area contributed by atoms with Gasteiger partial charge in [-0.25, -0.2) is 9.59 Å². The summed E-state index contributed by atoms with van der Waals surface area (Å²) in [6, 6.07) is 4.13. The minimum Gasteiger partial charge on any atom is -0.459 e. The third kappa shape index (κ3) is 5.52. The molecule has 0 aliphatic rings. The van der Waals surface area contributed by atoms with Crippen LogP contribution in [0.5, 0.6) is 0 Å². The summed E-state index contributed by atoms with van der Waals surface area (Å²) in [7, 11) is 1.04. The first-order valence-electron chi connectivity index (χ1n) is 8.75. The van der Waals surface area contributed by atoms with Crippen molar-refractivity contribution in [3.05, 3.63) is 63.4 Å². The van der Waals surface area contributed by atoms with Crippen molar-refractivity contribution in [1.29, 1.82) is 0 Å². The van der Waals surface area contributed by atoms with E-state index in [1.165, 1.54) is 32.1 Å². The van der Waals surface area contributed by atoms with E-state index in [9.17, 15) is 27.6 Å². The van der Waals surface area contributed by atoms with E-state index in [4.69, 9.17) is 21.1 Å². The Hall–Kier alpha value is -3.14. The van der Waals surface area contributed by atoms with Crippen molar-refractivity contribution in [2.75, 3.05) is 6.61 Å². The van der Waals surface area contributed by atoms with E-state index in [0.29, 0.717) is 10.7 Å². The molecule has 0 saturated carbocycles. The second-order valence-electron chi connectivity index (χ2n) is 6.85. The van der Waals surface area contributed by atoms with Crippen LogP contribution in [-0.4, -0.2) is 33.9 Å². The molecular weight excluding hydrogens is 441 g/mol. The second kappa shape index (κ2) is 8.93. The summed E-state index contributed by atoms with van der Waals surface area (Å²) < 4.78 is 49.5. The molecule has 0 N–H and O–H groups in total. The lowest BCUT2D eigenvalue weighted by atomic mass is 10.1. The first-order chi connectivity index (χ1) is 14.3. The maximum absolute atomic E-state index is 13.0. The molecule has 0 aliphatic carbocycles. The smallest absolute Gasteiger partial charge is 0.433 e. The van der Waals surface area contributed by atoms with Crippen LogP contribution in [0, 0.1) is 0 Å². The third-order valence-corrected chi connectivity index (χ3v) is 4.35. The van der Waals surface area contributed by atoms with E-state index in [0.717, 1.165) is 13.1 Å². The van der Waals surface area contributed by atoms with Gasteiger partial charge < -0.3 is 9.47 Å². The fourth-order valence-electron chi connectivity index (χ4n) is 2.47. The molecule has 11 heteroatoms. The highest BCUT2D eigenvalue weighted by Gasteiger charge is 2.36. The van der Waals surface area contributed by atoms with Crippen LogP contribution < -0.4 is 5.43 Å². The highest BCUT2D eigenvalue weighted by molar-refractivity contribution is 6.33. The Bertz CT molecular complexity index is 1090. The lowest BCUT2D eigenvalue weighted by molar-refractivity contribution is -0.161. The Morgan fingerprint density at radius 1 is 1.26 bits per heavy atom. The number of hydrogen-bond donors (Lipinski definition) is 0. The van der Waals surface area contributed by atoms with Crippen molar-refractivity contribution < 1.29 is 32.2 Å². The van der Waals surface area contributed by atoms with Crippen LogP contribution in [0.1, 0.15) is 29.9 Å². The van der Waals surface area contributed by atoms with Gasteiger partial charge in [0, 0.05) is 18.7 Å². The number of aryl methyl sites for hydroxylation is 1. The molecule has 0 fully saturated rings. The number of carbonyl (C=O) groups is 2. The summed E-state index contributed by atoms with van der Waals surface area (Å²) in [4.78, 5) is 36.9. The number of rotatable bonds is 6. The topological polar surface area (TPSA) is 87.5 Å². The average Bonchev–Trinajstić information content (AvgIpc) is 2.66. The van der Waals surface area contributed by atoms with Gasteiger partial charge in [0.05, 0.1) is 10.6 Å². The molecule has 0 radical (unpaired) electrons. The molecule has 0 aliphatic heterocycles. The Morgan fingerprint density at radius 3 is 2.48 bits per heavy atom. The van der Waals surface area contributed by atoms with Crippen molar-refractivity contribution >= 4 is 23.5 Å². The maximum atomic E-state index is 13.0. The molecule has 31 heavy (non-hydrogen) atoms. The van der Waals surface area contributed by atoms with Crippen molar-refractivity contribution in [2.24, 2.45) is 7.05 Å². The van der Waals surface area contributed by atoms with E-state index in [2.05, 4.69) is 11.7 Å². The molecule has 7 nitrogen and oxygen atoms in total. The quantitative estimate of drug-likeness (QED) is 0.483. The van der Waals surface area contributed by atoms with Crippen LogP contribution in [0.3, 0.4) is 0 Å².